The van der Waals surface area contributed by atoms with E-state index in [0.717, 1.165) is 5.56 Å². The Bertz CT molecular complexity index is 799. The molecule has 0 aliphatic heterocycles. The lowest BCUT2D eigenvalue weighted by Crippen LogP contribution is -2.42. The molecule has 0 aliphatic carbocycles. The molecule has 150 valence electrons. The van der Waals surface area contributed by atoms with Crippen molar-refractivity contribution in [3.8, 4) is 0 Å². The second-order valence-electron chi connectivity index (χ2n) is 8.21. The van der Waals surface area contributed by atoms with Gasteiger partial charge < -0.3 is 13.6 Å². The summed E-state index contributed by atoms with van der Waals surface area (Å²) in [4.78, 5) is 12.6. The van der Waals surface area contributed by atoms with Gasteiger partial charge in [0.1, 0.15) is 18.5 Å². The molecule has 1 aromatic heterocycles. The van der Waals surface area contributed by atoms with E-state index < -0.39 is 20.4 Å². The zero-order valence-electron chi connectivity index (χ0n) is 17.4. The lowest BCUT2D eigenvalue weighted by atomic mass is 10.1. The van der Waals surface area contributed by atoms with E-state index in [1.54, 1.807) is 24.5 Å². The Morgan fingerprint density at radius 2 is 1.86 bits per heavy atom. The molecule has 4 nitrogen and oxygen atoms in total. The van der Waals surface area contributed by atoms with Crippen LogP contribution in [0.1, 0.15) is 38.2 Å². The molecule has 5 heteroatoms. The lowest BCUT2D eigenvalue weighted by molar-refractivity contribution is -0.139. The average Bonchev–Trinajstić information content (AvgIpc) is 3.17. The van der Waals surface area contributed by atoms with Crippen molar-refractivity contribution in [2.45, 2.75) is 45.0 Å². The average molecular weight is 399 g/mol. The van der Waals surface area contributed by atoms with Gasteiger partial charge in [-0.05, 0) is 41.9 Å². The number of benzene rings is 1. The summed E-state index contributed by atoms with van der Waals surface area (Å²) in [6.07, 6.45) is 4.63. The van der Waals surface area contributed by atoms with Gasteiger partial charge in [-0.25, -0.2) is 4.79 Å². The second-order valence-corrected chi connectivity index (χ2v) is 13.0. The molecule has 2 aromatic rings. The predicted molar refractivity (Wildman–Crippen MR) is 115 cm³/mol. The SMILES string of the molecule is C=C(C(=O)OC/C=C/c1ccccc1)C(O[Si](C)(C)C(C)(C)C)c1ccco1. The normalized spacial score (nSPS) is 13.5. The van der Waals surface area contributed by atoms with E-state index in [1.807, 2.05) is 36.4 Å². The smallest absolute Gasteiger partial charge is 0.336 e. The maximum absolute atomic E-state index is 12.6. The van der Waals surface area contributed by atoms with Gasteiger partial charge in [-0.3, -0.25) is 0 Å². The summed E-state index contributed by atoms with van der Waals surface area (Å²) < 4.78 is 17.3. The summed E-state index contributed by atoms with van der Waals surface area (Å²) in [7, 11) is -2.16. The Balaban J connectivity index is 2.05. The summed E-state index contributed by atoms with van der Waals surface area (Å²) >= 11 is 0. The molecule has 1 unspecified atom stereocenters. The molecular weight excluding hydrogens is 368 g/mol. The van der Waals surface area contributed by atoms with E-state index in [2.05, 4.69) is 40.4 Å². The van der Waals surface area contributed by atoms with Crippen molar-refractivity contribution in [2.24, 2.45) is 0 Å². The third-order valence-electron chi connectivity index (χ3n) is 5.02. The molecule has 0 saturated carbocycles. The zero-order valence-corrected chi connectivity index (χ0v) is 18.4. The van der Waals surface area contributed by atoms with Crippen molar-refractivity contribution < 1.29 is 18.4 Å². The first-order valence-corrected chi connectivity index (χ1v) is 12.3. The highest BCUT2D eigenvalue weighted by Gasteiger charge is 2.41. The van der Waals surface area contributed by atoms with Crippen LogP contribution in [0, 0.1) is 0 Å². The van der Waals surface area contributed by atoms with E-state index >= 15 is 0 Å². The molecule has 2 rings (SSSR count). The summed E-state index contributed by atoms with van der Waals surface area (Å²) in [5, 5.41) is -0.0134. The number of hydrogen-bond acceptors (Lipinski definition) is 4. The van der Waals surface area contributed by atoms with Crippen LogP contribution in [0.4, 0.5) is 0 Å². The van der Waals surface area contributed by atoms with Gasteiger partial charge in [0.25, 0.3) is 0 Å². The maximum Gasteiger partial charge on any atom is 0.336 e. The van der Waals surface area contributed by atoms with Gasteiger partial charge in [0, 0.05) is 0 Å². The Hall–Kier alpha value is -2.37. The molecular formula is C23H30O4Si. The minimum absolute atomic E-state index is 0.0134. The molecule has 28 heavy (non-hydrogen) atoms. The van der Waals surface area contributed by atoms with Crippen molar-refractivity contribution in [2.75, 3.05) is 6.61 Å². The summed E-state index contributed by atoms with van der Waals surface area (Å²) in [5.74, 6) is 0.0735. The van der Waals surface area contributed by atoms with Gasteiger partial charge in [-0.2, -0.15) is 0 Å². The van der Waals surface area contributed by atoms with Gasteiger partial charge >= 0.3 is 5.97 Å². The van der Waals surface area contributed by atoms with Gasteiger partial charge in [-0.15, -0.1) is 0 Å². The fourth-order valence-corrected chi connectivity index (χ4v) is 3.49. The van der Waals surface area contributed by atoms with Crippen LogP contribution in [-0.2, 0) is 14.0 Å². The fourth-order valence-electron chi connectivity index (χ4n) is 2.28. The van der Waals surface area contributed by atoms with Crippen LogP contribution in [0.3, 0.4) is 0 Å². The van der Waals surface area contributed by atoms with Crippen molar-refractivity contribution in [1.29, 1.82) is 0 Å². The molecule has 0 amide bonds. The molecule has 1 heterocycles. The molecule has 1 atom stereocenters. The second kappa shape index (κ2) is 9.21. The zero-order chi connectivity index (χ0) is 20.8. The van der Waals surface area contributed by atoms with Gasteiger partial charge in [0.15, 0.2) is 8.32 Å². The number of rotatable bonds is 8. The molecule has 0 saturated heterocycles. The Kier molecular flexibility index (Phi) is 7.21. The van der Waals surface area contributed by atoms with E-state index in [4.69, 9.17) is 13.6 Å². The lowest BCUT2D eigenvalue weighted by Gasteiger charge is -2.38. The monoisotopic (exact) mass is 398 g/mol. The number of furan rings is 1. The third kappa shape index (κ3) is 5.81. The maximum atomic E-state index is 12.6. The van der Waals surface area contributed by atoms with Crippen LogP contribution >= 0.6 is 0 Å². The highest BCUT2D eigenvalue weighted by atomic mass is 28.4. The summed E-state index contributed by atoms with van der Waals surface area (Å²) in [5.41, 5.74) is 1.29. The number of hydrogen-bond donors (Lipinski definition) is 0. The van der Waals surface area contributed by atoms with E-state index in [1.165, 1.54) is 0 Å². The quantitative estimate of drug-likeness (QED) is 0.304. The first kappa shape index (κ1) is 21.9. The van der Waals surface area contributed by atoms with Crippen LogP contribution in [0.25, 0.3) is 6.08 Å². The van der Waals surface area contributed by atoms with Gasteiger partial charge in [0.2, 0.25) is 0 Å². The van der Waals surface area contributed by atoms with Crippen LogP contribution in [0.2, 0.25) is 18.1 Å². The van der Waals surface area contributed by atoms with Crippen molar-refractivity contribution in [3.63, 3.8) is 0 Å². The number of ether oxygens (including phenoxy) is 1. The van der Waals surface area contributed by atoms with E-state index in [9.17, 15) is 4.79 Å². The third-order valence-corrected chi connectivity index (χ3v) is 9.46. The predicted octanol–water partition coefficient (Wildman–Crippen LogP) is 6.16. The number of carbonyl (C=O) groups is 1. The largest absolute Gasteiger partial charge is 0.466 e. The topological polar surface area (TPSA) is 48.7 Å². The number of esters is 1. The highest BCUT2D eigenvalue weighted by Crippen LogP contribution is 2.41. The van der Waals surface area contributed by atoms with Crippen molar-refractivity contribution >= 4 is 20.4 Å². The van der Waals surface area contributed by atoms with Crippen LogP contribution in [0.5, 0.6) is 0 Å². The standard InChI is InChI=1S/C23H30O4Si/c1-18(22(24)26-17-10-14-19-12-8-7-9-13-19)21(20-15-11-16-25-20)27-28(5,6)23(2,3)4/h7-16,21H,1,17H2,2-6H3/b14-10+. The first-order valence-electron chi connectivity index (χ1n) is 9.40. The van der Waals surface area contributed by atoms with E-state index in [-0.39, 0.29) is 17.2 Å². The Labute approximate surface area is 169 Å². The highest BCUT2D eigenvalue weighted by molar-refractivity contribution is 6.74. The molecule has 0 bridgehead atoms. The fraction of sp³-hybridized carbons (Fsp3) is 0.348. The summed E-state index contributed by atoms with van der Waals surface area (Å²) in [6, 6.07) is 13.4. The van der Waals surface area contributed by atoms with Crippen LogP contribution in [-0.4, -0.2) is 20.9 Å². The van der Waals surface area contributed by atoms with Crippen LogP contribution in [0.15, 0.2) is 71.4 Å². The van der Waals surface area contributed by atoms with Crippen LogP contribution < -0.4 is 0 Å². The van der Waals surface area contributed by atoms with Crippen molar-refractivity contribution in [3.05, 3.63) is 78.3 Å². The minimum atomic E-state index is -2.16. The molecule has 0 radical (unpaired) electrons. The number of carbonyl (C=O) groups excluding carboxylic acids is 1. The summed E-state index contributed by atoms with van der Waals surface area (Å²) in [6.45, 7) is 14.8. The van der Waals surface area contributed by atoms with E-state index in [0.29, 0.717) is 5.76 Å². The van der Waals surface area contributed by atoms with Gasteiger partial charge in [0.05, 0.1) is 11.8 Å². The van der Waals surface area contributed by atoms with Crippen molar-refractivity contribution in [1.82, 2.24) is 0 Å². The Morgan fingerprint density at radius 1 is 1.18 bits per heavy atom. The minimum Gasteiger partial charge on any atom is -0.466 e. The first-order chi connectivity index (χ1) is 13.1. The Morgan fingerprint density at radius 3 is 2.43 bits per heavy atom. The molecule has 0 N–H and O–H groups in total. The molecule has 0 aliphatic rings. The molecule has 0 fully saturated rings. The molecule has 1 aromatic carbocycles. The molecule has 0 spiro atoms. The van der Waals surface area contributed by atoms with Gasteiger partial charge in [-0.1, -0.05) is 63.8 Å².